The van der Waals surface area contributed by atoms with Crippen LogP contribution in [0.3, 0.4) is 0 Å². The van der Waals surface area contributed by atoms with Crippen LogP contribution >= 0.6 is 38.9 Å². The predicted molar refractivity (Wildman–Crippen MR) is 104 cm³/mol. The molecule has 4 rings (SSSR count). The number of aromatic hydroxyl groups is 1. The Balaban J connectivity index is 1.71. The lowest BCUT2D eigenvalue weighted by Crippen LogP contribution is -2.39. The highest BCUT2D eigenvalue weighted by molar-refractivity contribution is 9.10. The predicted octanol–water partition coefficient (Wildman–Crippen LogP) is 4.10. The second-order valence-electron chi connectivity index (χ2n) is 6.20. The van der Waals surface area contributed by atoms with Gasteiger partial charge >= 0.3 is 0 Å². The average molecular weight is 443 g/mol. The van der Waals surface area contributed by atoms with Gasteiger partial charge in [-0.3, -0.25) is 9.69 Å². The first kappa shape index (κ1) is 17.1. The van der Waals surface area contributed by atoms with Crippen molar-refractivity contribution in [3.8, 4) is 5.75 Å². The molecule has 0 radical (unpaired) electrons. The Kier molecular flexibility index (Phi) is 4.43. The van der Waals surface area contributed by atoms with E-state index >= 15 is 0 Å². The van der Waals surface area contributed by atoms with Crippen LogP contribution in [0.1, 0.15) is 39.5 Å². The first-order valence-electron chi connectivity index (χ1n) is 8.10. The molecule has 1 amide bonds. The van der Waals surface area contributed by atoms with Crippen molar-refractivity contribution in [2.24, 2.45) is 0 Å². The van der Waals surface area contributed by atoms with Crippen molar-refractivity contribution in [2.75, 3.05) is 18.4 Å². The fraction of sp³-hybridized carbons (Fsp3) is 0.353. The smallest absolute Gasteiger partial charge is 0.256 e. The molecule has 1 aromatic heterocycles. The van der Waals surface area contributed by atoms with Crippen LogP contribution in [-0.4, -0.2) is 29.0 Å². The number of carbonyl (C=O) groups excluding carboxylic acids is 1. The molecule has 0 saturated carbocycles. The first-order chi connectivity index (χ1) is 12.0. The van der Waals surface area contributed by atoms with Crippen molar-refractivity contribution in [2.45, 2.75) is 26.1 Å². The molecule has 5 nitrogen and oxygen atoms in total. The second-order valence-corrected chi connectivity index (χ2v) is 8.60. The van der Waals surface area contributed by atoms with E-state index < -0.39 is 6.17 Å². The summed E-state index contributed by atoms with van der Waals surface area (Å²) < 4.78 is 0.501. The molecule has 132 valence electrons. The molecule has 1 atom stereocenters. The molecule has 8 heteroatoms. The third kappa shape index (κ3) is 2.93. The maximum Gasteiger partial charge on any atom is 0.256 e. The molecular formula is C17H17BrClN3O2S. The largest absolute Gasteiger partial charge is 0.506 e. The van der Waals surface area contributed by atoms with E-state index in [-0.39, 0.29) is 11.7 Å². The van der Waals surface area contributed by atoms with E-state index in [2.05, 4.69) is 38.4 Å². The molecule has 0 aliphatic carbocycles. The SMILES string of the molecule is CCN1CCc2c(sc3c2C(=O)N[C@@H](c2cc(Cl)cc(Br)c2O)N3)C1. The molecule has 2 aromatic rings. The number of benzene rings is 1. The number of phenolic OH excluding ortho intramolecular Hbond substituents is 1. The van der Waals surface area contributed by atoms with Crippen molar-refractivity contribution in [1.82, 2.24) is 10.2 Å². The number of thiophene rings is 1. The lowest BCUT2D eigenvalue weighted by Gasteiger charge is -2.28. The Labute approximate surface area is 163 Å². The third-order valence-corrected chi connectivity index (χ3v) is 6.70. The molecule has 2 aliphatic rings. The van der Waals surface area contributed by atoms with Gasteiger partial charge in [0.15, 0.2) is 0 Å². The van der Waals surface area contributed by atoms with Crippen LogP contribution in [0.5, 0.6) is 5.75 Å². The highest BCUT2D eigenvalue weighted by Gasteiger charge is 2.34. The molecular weight excluding hydrogens is 426 g/mol. The van der Waals surface area contributed by atoms with Crippen LogP contribution in [0.25, 0.3) is 0 Å². The highest BCUT2D eigenvalue weighted by Crippen LogP contribution is 2.43. The van der Waals surface area contributed by atoms with Crippen LogP contribution in [0, 0.1) is 0 Å². The molecule has 25 heavy (non-hydrogen) atoms. The number of phenols is 1. The van der Waals surface area contributed by atoms with Crippen molar-refractivity contribution < 1.29 is 9.90 Å². The van der Waals surface area contributed by atoms with Crippen LogP contribution < -0.4 is 10.6 Å². The summed E-state index contributed by atoms with van der Waals surface area (Å²) in [5.74, 6) is -0.0270. The fourth-order valence-electron chi connectivity index (χ4n) is 3.40. The first-order valence-corrected chi connectivity index (χ1v) is 10.1. The quantitative estimate of drug-likeness (QED) is 0.655. The van der Waals surface area contributed by atoms with E-state index in [0.717, 1.165) is 42.2 Å². The molecule has 0 bridgehead atoms. The van der Waals surface area contributed by atoms with E-state index in [1.807, 2.05) is 0 Å². The fourth-order valence-corrected chi connectivity index (χ4v) is 5.55. The summed E-state index contributed by atoms with van der Waals surface area (Å²) in [5.41, 5.74) is 2.46. The summed E-state index contributed by atoms with van der Waals surface area (Å²) in [5, 5.41) is 18.0. The summed E-state index contributed by atoms with van der Waals surface area (Å²) in [7, 11) is 0. The number of amides is 1. The zero-order valence-electron chi connectivity index (χ0n) is 13.5. The molecule has 3 N–H and O–H groups in total. The number of carbonyl (C=O) groups is 1. The van der Waals surface area contributed by atoms with Gasteiger partial charge in [-0.25, -0.2) is 0 Å². The number of nitrogens with zero attached hydrogens (tertiary/aromatic N) is 1. The molecule has 0 fully saturated rings. The number of halogens is 2. The minimum atomic E-state index is -0.516. The van der Waals surface area contributed by atoms with E-state index in [1.54, 1.807) is 23.5 Å². The number of likely N-dealkylation sites (N-methyl/N-ethyl adjacent to an activating group) is 1. The Hall–Kier alpha value is -1.28. The Morgan fingerprint density at radius 2 is 2.24 bits per heavy atom. The van der Waals surface area contributed by atoms with Gasteiger partial charge in [-0.1, -0.05) is 18.5 Å². The van der Waals surface area contributed by atoms with E-state index in [1.165, 1.54) is 4.88 Å². The Bertz CT molecular complexity index is 870. The van der Waals surface area contributed by atoms with Crippen molar-refractivity contribution in [1.29, 1.82) is 0 Å². The Morgan fingerprint density at radius 3 is 3.00 bits per heavy atom. The summed E-state index contributed by atoms with van der Waals surface area (Å²) >= 11 is 11.0. The van der Waals surface area contributed by atoms with Gasteiger partial charge in [0.1, 0.15) is 16.9 Å². The van der Waals surface area contributed by atoms with Gasteiger partial charge in [-0.2, -0.15) is 0 Å². The number of nitrogens with one attached hydrogen (secondary N) is 2. The topological polar surface area (TPSA) is 64.6 Å². The summed E-state index contributed by atoms with van der Waals surface area (Å²) in [6.45, 7) is 5.02. The molecule has 0 spiro atoms. The molecule has 1 aromatic carbocycles. The van der Waals surface area contributed by atoms with E-state index in [9.17, 15) is 9.90 Å². The molecule has 2 aliphatic heterocycles. The summed E-state index contributed by atoms with van der Waals surface area (Å²) in [6.07, 6.45) is 0.375. The summed E-state index contributed by atoms with van der Waals surface area (Å²) in [4.78, 5) is 16.4. The lowest BCUT2D eigenvalue weighted by molar-refractivity contribution is 0.0934. The van der Waals surface area contributed by atoms with Gasteiger partial charge in [0.05, 0.1) is 10.0 Å². The van der Waals surface area contributed by atoms with Gasteiger partial charge in [0.25, 0.3) is 5.91 Å². The van der Waals surface area contributed by atoms with Crippen molar-refractivity contribution >= 4 is 49.8 Å². The van der Waals surface area contributed by atoms with Crippen molar-refractivity contribution in [3.63, 3.8) is 0 Å². The van der Waals surface area contributed by atoms with Gasteiger partial charge < -0.3 is 15.7 Å². The third-order valence-electron chi connectivity index (χ3n) is 4.73. The summed E-state index contributed by atoms with van der Waals surface area (Å²) in [6, 6.07) is 3.29. The van der Waals surface area contributed by atoms with Gasteiger partial charge in [0.2, 0.25) is 0 Å². The second kappa shape index (κ2) is 6.46. The zero-order valence-corrected chi connectivity index (χ0v) is 16.7. The number of rotatable bonds is 2. The standard InChI is InChI=1S/C17H17BrClN3O2S/c1-2-22-4-3-9-12(7-22)25-17-13(9)16(24)20-15(21-17)10-5-8(19)6-11(18)14(10)23/h5-6,15,21,23H,2-4,7H2,1H3,(H,20,24)/t15-/m1/s1. The number of fused-ring (bicyclic) bond motifs is 3. The highest BCUT2D eigenvalue weighted by atomic mass is 79.9. The average Bonchev–Trinajstić information content (AvgIpc) is 2.95. The van der Waals surface area contributed by atoms with Crippen LogP contribution in [0.15, 0.2) is 16.6 Å². The number of anilines is 1. The minimum Gasteiger partial charge on any atom is -0.506 e. The number of hydrogen-bond acceptors (Lipinski definition) is 5. The molecule has 3 heterocycles. The van der Waals surface area contributed by atoms with Gasteiger partial charge in [-0.05, 0) is 46.6 Å². The Morgan fingerprint density at radius 1 is 1.44 bits per heavy atom. The van der Waals surface area contributed by atoms with E-state index in [4.69, 9.17) is 11.6 Å². The zero-order chi connectivity index (χ0) is 17.7. The van der Waals surface area contributed by atoms with Gasteiger partial charge in [0, 0.05) is 28.6 Å². The minimum absolute atomic E-state index is 0.0733. The maximum atomic E-state index is 12.8. The van der Waals surface area contributed by atoms with Crippen LogP contribution in [-0.2, 0) is 13.0 Å². The normalized spacial score (nSPS) is 19.8. The number of hydrogen-bond donors (Lipinski definition) is 3. The molecule has 0 saturated heterocycles. The van der Waals surface area contributed by atoms with Crippen molar-refractivity contribution in [3.05, 3.63) is 43.2 Å². The monoisotopic (exact) mass is 441 g/mol. The van der Waals surface area contributed by atoms with Gasteiger partial charge in [-0.15, -0.1) is 11.3 Å². The molecule has 0 unspecified atom stereocenters. The maximum absolute atomic E-state index is 12.8. The lowest BCUT2D eigenvalue weighted by atomic mass is 10.00. The van der Waals surface area contributed by atoms with Crippen LogP contribution in [0.4, 0.5) is 5.00 Å². The van der Waals surface area contributed by atoms with Crippen LogP contribution in [0.2, 0.25) is 5.02 Å². The van der Waals surface area contributed by atoms with E-state index in [0.29, 0.717) is 15.1 Å².